The van der Waals surface area contributed by atoms with Crippen LogP contribution in [0.25, 0.3) is 0 Å². The van der Waals surface area contributed by atoms with Crippen LogP contribution in [0, 0.1) is 22.7 Å². The number of hydrogen-bond donors (Lipinski definition) is 1. The minimum absolute atomic E-state index is 0.0817. The quantitative estimate of drug-likeness (QED) is 0.799. The first kappa shape index (κ1) is 19.7. The van der Waals surface area contributed by atoms with Crippen molar-refractivity contribution < 1.29 is 9.90 Å². The van der Waals surface area contributed by atoms with Crippen molar-refractivity contribution in [3.63, 3.8) is 0 Å². The van der Waals surface area contributed by atoms with Crippen molar-refractivity contribution >= 4 is 29.0 Å². The predicted octanol–water partition coefficient (Wildman–Crippen LogP) is 4.72. The van der Waals surface area contributed by atoms with Gasteiger partial charge in [-0.15, -0.1) is 0 Å². The predicted molar refractivity (Wildman–Crippen MR) is 92.7 cm³/mol. The van der Waals surface area contributed by atoms with E-state index in [2.05, 4.69) is 0 Å². The molecular weight excluding hydrogens is 347 g/mol. The highest BCUT2D eigenvalue weighted by Crippen LogP contribution is 2.18. The number of carbonyl (C=O) groups is 1. The van der Waals surface area contributed by atoms with Gasteiger partial charge in [0.15, 0.2) is 5.78 Å². The monoisotopic (exact) mass is 360 g/mol. The topological polar surface area (TPSA) is 84.9 Å². The van der Waals surface area contributed by atoms with Gasteiger partial charge in [-0.05, 0) is 42.0 Å². The third-order valence-corrected chi connectivity index (χ3v) is 3.45. The minimum atomic E-state index is -0.702. The van der Waals surface area contributed by atoms with E-state index in [0.717, 1.165) is 5.56 Å². The van der Waals surface area contributed by atoms with Crippen LogP contribution in [-0.4, -0.2) is 10.9 Å². The maximum atomic E-state index is 11.1. The zero-order chi connectivity index (χ0) is 17.9. The van der Waals surface area contributed by atoms with E-state index in [1.807, 2.05) is 6.07 Å². The van der Waals surface area contributed by atoms with Gasteiger partial charge in [-0.1, -0.05) is 35.3 Å². The highest BCUT2D eigenvalue weighted by Gasteiger charge is 2.05. The molecule has 0 aliphatic heterocycles. The number of ketones is 1. The molecule has 1 N–H and O–H groups in total. The largest absolute Gasteiger partial charge is 0.387 e. The Balaban J connectivity index is 0.000000240. The average Bonchev–Trinajstić information content (AvgIpc) is 2.57. The lowest BCUT2D eigenvalue weighted by atomic mass is 10.1. The molecule has 4 nitrogen and oxygen atoms in total. The number of aliphatic hydroxyl groups excluding tert-OH is 1. The smallest absolute Gasteiger partial charge is 0.176 e. The van der Waals surface area contributed by atoms with E-state index in [0.29, 0.717) is 15.6 Å². The van der Waals surface area contributed by atoms with Crippen LogP contribution in [0.1, 0.15) is 34.9 Å². The third-order valence-electron chi connectivity index (χ3n) is 2.95. The number of carbonyl (C=O) groups excluding carboxylic acids is 1. The summed E-state index contributed by atoms with van der Waals surface area (Å²) in [4.78, 5) is 11.1. The van der Waals surface area contributed by atoms with Crippen LogP contribution in [0.3, 0.4) is 0 Å². The van der Waals surface area contributed by atoms with Crippen LogP contribution in [0.15, 0.2) is 48.5 Å². The highest BCUT2D eigenvalue weighted by atomic mass is 35.5. The summed E-state index contributed by atoms with van der Waals surface area (Å²) >= 11 is 11.3. The van der Waals surface area contributed by atoms with Crippen LogP contribution in [0.5, 0.6) is 0 Å². The van der Waals surface area contributed by atoms with Gasteiger partial charge in [0, 0.05) is 15.6 Å². The minimum Gasteiger partial charge on any atom is -0.387 e. The number of halogens is 2. The maximum absolute atomic E-state index is 11.1. The molecule has 24 heavy (non-hydrogen) atoms. The second-order valence-electron chi connectivity index (χ2n) is 4.69. The molecule has 0 saturated carbocycles. The van der Waals surface area contributed by atoms with Crippen LogP contribution in [0.4, 0.5) is 0 Å². The lowest BCUT2D eigenvalue weighted by molar-refractivity contribution is 0.0997. The average molecular weight is 361 g/mol. The molecule has 0 aliphatic carbocycles. The summed E-state index contributed by atoms with van der Waals surface area (Å²) < 4.78 is 0. The molecule has 0 spiro atoms. The van der Waals surface area contributed by atoms with Gasteiger partial charge in [-0.3, -0.25) is 4.79 Å². The lowest BCUT2D eigenvalue weighted by Crippen LogP contribution is -1.95. The molecule has 122 valence electrons. The lowest BCUT2D eigenvalue weighted by Gasteiger charge is -2.05. The van der Waals surface area contributed by atoms with Crippen molar-refractivity contribution in [1.82, 2.24) is 0 Å². The molecule has 0 bridgehead atoms. The van der Waals surface area contributed by atoms with E-state index in [-0.39, 0.29) is 18.6 Å². The molecule has 0 aliphatic rings. The number of rotatable bonds is 4. The number of Topliss-reactive ketones (excluding diaryl/α,β-unsaturated/α-hetero) is 1. The Morgan fingerprint density at radius 2 is 1.46 bits per heavy atom. The van der Waals surface area contributed by atoms with E-state index in [1.54, 1.807) is 54.6 Å². The van der Waals surface area contributed by atoms with Gasteiger partial charge in [-0.2, -0.15) is 10.5 Å². The van der Waals surface area contributed by atoms with Gasteiger partial charge in [0.1, 0.15) is 0 Å². The molecule has 0 radical (unpaired) electrons. The normalized spacial score (nSPS) is 10.5. The fraction of sp³-hybridized carbons (Fsp3) is 0.167. The van der Waals surface area contributed by atoms with E-state index in [1.165, 1.54) is 0 Å². The Morgan fingerprint density at radius 3 is 1.92 bits per heavy atom. The molecule has 0 fully saturated rings. The molecule has 0 amide bonds. The zero-order valence-corrected chi connectivity index (χ0v) is 14.1. The summed E-state index contributed by atoms with van der Waals surface area (Å²) in [6.07, 6.45) is -0.671. The summed E-state index contributed by atoms with van der Waals surface area (Å²) in [5, 5.41) is 27.1. The van der Waals surface area contributed by atoms with Crippen molar-refractivity contribution in [2.75, 3.05) is 0 Å². The summed E-state index contributed by atoms with van der Waals surface area (Å²) in [5.41, 5.74) is 1.25. The second kappa shape index (κ2) is 10.4. The van der Waals surface area contributed by atoms with Crippen LogP contribution >= 0.6 is 23.2 Å². The molecule has 2 rings (SSSR count). The number of hydrogen-bond acceptors (Lipinski definition) is 4. The molecule has 0 aromatic heterocycles. The summed E-state index contributed by atoms with van der Waals surface area (Å²) in [6.45, 7) is 0. The highest BCUT2D eigenvalue weighted by molar-refractivity contribution is 6.30. The van der Waals surface area contributed by atoms with Crippen molar-refractivity contribution in [3.8, 4) is 12.1 Å². The standard InChI is InChI=1S/C9H8ClNO.C9H6ClNO/c2*10-8-3-1-7(2-4-8)9(12)5-6-11/h1-4,9,12H,5H2;1-4H,5H2/t9-;/m0./s1. The van der Waals surface area contributed by atoms with Gasteiger partial charge in [0.25, 0.3) is 0 Å². The Labute approximate surface area is 150 Å². The van der Waals surface area contributed by atoms with Crippen molar-refractivity contribution in [2.24, 2.45) is 0 Å². The van der Waals surface area contributed by atoms with Gasteiger partial charge in [0.05, 0.1) is 31.1 Å². The fourth-order valence-corrected chi connectivity index (χ4v) is 1.95. The summed E-state index contributed by atoms with van der Waals surface area (Å²) in [5.74, 6) is -0.172. The molecule has 0 unspecified atom stereocenters. The van der Waals surface area contributed by atoms with Crippen molar-refractivity contribution in [2.45, 2.75) is 18.9 Å². The Bertz CT molecular complexity index is 745. The second-order valence-corrected chi connectivity index (χ2v) is 5.57. The van der Waals surface area contributed by atoms with Crippen LogP contribution < -0.4 is 0 Å². The number of nitrogens with zero attached hydrogens (tertiary/aromatic N) is 2. The van der Waals surface area contributed by atoms with Crippen molar-refractivity contribution in [3.05, 3.63) is 69.7 Å². The van der Waals surface area contributed by atoms with Gasteiger partial charge in [-0.25, -0.2) is 0 Å². The number of aliphatic hydroxyl groups is 1. The molecule has 2 aromatic rings. The van der Waals surface area contributed by atoms with Crippen molar-refractivity contribution in [1.29, 1.82) is 10.5 Å². The van der Waals surface area contributed by atoms with E-state index in [9.17, 15) is 9.90 Å². The van der Waals surface area contributed by atoms with Crippen LogP contribution in [0.2, 0.25) is 10.0 Å². The van der Waals surface area contributed by atoms with Crippen LogP contribution in [-0.2, 0) is 0 Å². The first-order valence-corrected chi connectivity index (χ1v) is 7.69. The summed E-state index contributed by atoms with van der Waals surface area (Å²) in [6, 6.07) is 17.0. The Morgan fingerprint density at radius 1 is 0.958 bits per heavy atom. The third kappa shape index (κ3) is 6.81. The SMILES string of the molecule is N#CCC(=O)c1ccc(Cl)cc1.N#CC[C@H](O)c1ccc(Cl)cc1. The van der Waals surface area contributed by atoms with E-state index >= 15 is 0 Å². The van der Waals surface area contributed by atoms with E-state index < -0.39 is 6.10 Å². The molecule has 0 saturated heterocycles. The number of benzene rings is 2. The fourth-order valence-electron chi connectivity index (χ4n) is 1.70. The van der Waals surface area contributed by atoms with Gasteiger partial charge in [0.2, 0.25) is 0 Å². The molecule has 1 atom stereocenters. The Kier molecular flexibility index (Phi) is 8.54. The Hall–Kier alpha value is -2.37. The molecule has 6 heteroatoms. The van der Waals surface area contributed by atoms with Gasteiger partial charge < -0.3 is 5.11 Å². The molecular formula is C18H14Cl2N2O2. The summed E-state index contributed by atoms with van der Waals surface area (Å²) in [7, 11) is 0. The molecule has 2 aromatic carbocycles. The first-order valence-electron chi connectivity index (χ1n) is 6.94. The first-order chi connectivity index (χ1) is 11.5. The number of nitriles is 2. The zero-order valence-electron chi connectivity index (χ0n) is 12.6. The van der Waals surface area contributed by atoms with Gasteiger partial charge >= 0.3 is 0 Å². The van der Waals surface area contributed by atoms with E-state index in [4.69, 9.17) is 33.7 Å². The maximum Gasteiger partial charge on any atom is 0.176 e. The molecule has 0 heterocycles.